The summed E-state index contributed by atoms with van der Waals surface area (Å²) in [5.41, 5.74) is -1.22. The van der Waals surface area contributed by atoms with Crippen LogP contribution >= 0.6 is 11.3 Å². The molecular weight excluding hydrogens is 246 g/mol. The van der Waals surface area contributed by atoms with Gasteiger partial charge in [0.05, 0.1) is 5.01 Å². The van der Waals surface area contributed by atoms with Crippen molar-refractivity contribution in [1.82, 2.24) is 15.0 Å². The number of rotatable bonds is 2. The summed E-state index contributed by atoms with van der Waals surface area (Å²) in [5, 5.41) is 20.4. The lowest BCUT2D eigenvalue weighted by Crippen LogP contribution is -2.15. The Labute approximate surface area is 98.4 Å². The maximum atomic E-state index is 11.3. The zero-order valence-corrected chi connectivity index (χ0v) is 9.41. The van der Waals surface area contributed by atoms with Gasteiger partial charge in [0.2, 0.25) is 5.75 Å². The van der Waals surface area contributed by atoms with Gasteiger partial charge < -0.3 is 15.2 Å². The van der Waals surface area contributed by atoms with Crippen molar-refractivity contribution in [2.75, 3.05) is 0 Å². The molecule has 17 heavy (non-hydrogen) atoms. The Balaban J connectivity index is 2.65. The highest BCUT2D eigenvalue weighted by Gasteiger charge is 2.18. The van der Waals surface area contributed by atoms with Crippen LogP contribution in [0.4, 0.5) is 0 Å². The summed E-state index contributed by atoms with van der Waals surface area (Å²) < 4.78 is 0. The molecule has 88 valence electrons. The van der Waals surface area contributed by atoms with Crippen molar-refractivity contribution < 1.29 is 15.0 Å². The molecule has 0 atom stereocenters. The number of aromatic carboxylic acids is 1. The van der Waals surface area contributed by atoms with Crippen LogP contribution in [0.5, 0.6) is 5.75 Å². The number of aryl methyl sites for hydroxylation is 1. The summed E-state index contributed by atoms with van der Waals surface area (Å²) in [6.07, 6.45) is 0. The predicted molar refractivity (Wildman–Crippen MR) is 59.3 cm³/mol. The summed E-state index contributed by atoms with van der Waals surface area (Å²) in [7, 11) is 0. The number of nitrogens with zero attached hydrogens (tertiary/aromatic N) is 2. The van der Waals surface area contributed by atoms with Gasteiger partial charge in [0, 0.05) is 5.38 Å². The molecule has 2 heterocycles. The maximum Gasteiger partial charge on any atom is 0.358 e. The molecule has 3 N–H and O–H groups in total. The van der Waals surface area contributed by atoms with Crippen LogP contribution in [0.3, 0.4) is 0 Å². The highest BCUT2D eigenvalue weighted by Crippen LogP contribution is 2.19. The Morgan fingerprint density at radius 1 is 1.47 bits per heavy atom. The van der Waals surface area contributed by atoms with Crippen molar-refractivity contribution in [3.8, 4) is 17.3 Å². The monoisotopic (exact) mass is 253 g/mol. The Morgan fingerprint density at radius 3 is 2.71 bits per heavy atom. The molecule has 0 aliphatic carbocycles. The molecule has 0 saturated heterocycles. The Kier molecular flexibility index (Phi) is 2.64. The van der Waals surface area contributed by atoms with Gasteiger partial charge in [-0.2, -0.15) is 0 Å². The SMILES string of the molecule is Cc1nc(-c2nc(C(=O)O)c(O)c(=O)[nH]2)cs1. The van der Waals surface area contributed by atoms with Crippen molar-refractivity contribution in [2.45, 2.75) is 6.92 Å². The summed E-state index contributed by atoms with van der Waals surface area (Å²) >= 11 is 1.34. The van der Waals surface area contributed by atoms with E-state index >= 15 is 0 Å². The quantitative estimate of drug-likeness (QED) is 0.721. The first-order chi connectivity index (χ1) is 7.99. The van der Waals surface area contributed by atoms with Gasteiger partial charge in [-0.15, -0.1) is 11.3 Å². The lowest BCUT2D eigenvalue weighted by molar-refractivity contribution is 0.0686. The molecule has 8 heteroatoms. The number of H-pyrrole nitrogens is 1. The van der Waals surface area contributed by atoms with Gasteiger partial charge in [-0.25, -0.2) is 14.8 Å². The molecule has 0 aromatic carbocycles. The number of hydrogen-bond donors (Lipinski definition) is 3. The molecule has 2 aromatic heterocycles. The third-order valence-electron chi connectivity index (χ3n) is 1.96. The Bertz CT molecular complexity index is 646. The van der Waals surface area contributed by atoms with Crippen LogP contribution in [0.25, 0.3) is 11.5 Å². The Hall–Kier alpha value is -2.22. The fraction of sp³-hybridized carbons (Fsp3) is 0.111. The van der Waals surface area contributed by atoms with Crippen LogP contribution in [-0.4, -0.2) is 31.1 Å². The minimum atomic E-state index is -1.47. The van der Waals surface area contributed by atoms with Crippen LogP contribution in [0.2, 0.25) is 0 Å². The number of thiazole rings is 1. The van der Waals surface area contributed by atoms with E-state index in [2.05, 4.69) is 15.0 Å². The van der Waals surface area contributed by atoms with Crippen molar-refractivity contribution >= 4 is 17.3 Å². The number of hydrogen-bond acceptors (Lipinski definition) is 6. The number of carboxylic acids is 1. The second-order valence-corrected chi connectivity index (χ2v) is 4.23. The van der Waals surface area contributed by atoms with E-state index in [0.29, 0.717) is 5.69 Å². The van der Waals surface area contributed by atoms with E-state index in [4.69, 9.17) is 5.11 Å². The molecule has 0 saturated carbocycles. The topological polar surface area (TPSA) is 116 Å². The second-order valence-electron chi connectivity index (χ2n) is 3.17. The maximum absolute atomic E-state index is 11.3. The molecular formula is C9H7N3O4S. The zero-order chi connectivity index (χ0) is 12.6. The number of aromatic amines is 1. The number of nitrogens with one attached hydrogen (secondary N) is 1. The first kappa shape index (κ1) is 11.3. The van der Waals surface area contributed by atoms with Gasteiger partial charge in [-0.05, 0) is 6.92 Å². The number of aromatic nitrogens is 3. The van der Waals surface area contributed by atoms with Crippen LogP contribution in [-0.2, 0) is 0 Å². The fourth-order valence-electron chi connectivity index (χ4n) is 1.21. The van der Waals surface area contributed by atoms with E-state index in [9.17, 15) is 14.7 Å². The van der Waals surface area contributed by atoms with Crippen LogP contribution < -0.4 is 5.56 Å². The van der Waals surface area contributed by atoms with Gasteiger partial charge in [0.25, 0.3) is 5.56 Å². The molecule has 0 unspecified atom stereocenters. The van der Waals surface area contributed by atoms with E-state index in [0.717, 1.165) is 5.01 Å². The molecule has 0 spiro atoms. The largest absolute Gasteiger partial charge is 0.501 e. The smallest absolute Gasteiger partial charge is 0.358 e. The summed E-state index contributed by atoms with van der Waals surface area (Å²) in [6, 6.07) is 0. The van der Waals surface area contributed by atoms with E-state index in [1.807, 2.05) is 0 Å². The van der Waals surface area contributed by atoms with Gasteiger partial charge in [0.1, 0.15) is 5.69 Å². The first-order valence-corrected chi connectivity index (χ1v) is 5.36. The average molecular weight is 253 g/mol. The lowest BCUT2D eigenvalue weighted by Gasteiger charge is -2.00. The van der Waals surface area contributed by atoms with E-state index < -0.39 is 23.0 Å². The molecule has 0 amide bonds. The summed E-state index contributed by atoms with van der Waals surface area (Å²) in [6.45, 7) is 1.77. The molecule has 0 aliphatic rings. The highest BCUT2D eigenvalue weighted by atomic mass is 32.1. The van der Waals surface area contributed by atoms with Gasteiger partial charge in [-0.3, -0.25) is 4.79 Å². The van der Waals surface area contributed by atoms with E-state index in [-0.39, 0.29) is 5.82 Å². The number of carbonyl (C=O) groups is 1. The lowest BCUT2D eigenvalue weighted by atomic mass is 10.3. The predicted octanol–water partition coefficient (Wildman–Crippen LogP) is 0.606. The standard InChI is InChI=1S/C9H7N3O4S/c1-3-10-4(2-17-3)7-11-5(9(15)16)6(13)8(14)12-7/h2,13H,1H3,(H,15,16)(H,11,12,14). The van der Waals surface area contributed by atoms with Crippen molar-refractivity contribution in [1.29, 1.82) is 0 Å². The van der Waals surface area contributed by atoms with E-state index in [1.54, 1.807) is 12.3 Å². The highest BCUT2D eigenvalue weighted by molar-refractivity contribution is 7.09. The van der Waals surface area contributed by atoms with Crippen molar-refractivity contribution in [3.05, 3.63) is 26.4 Å². The molecule has 2 rings (SSSR count). The molecule has 2 aromatic rings. The average Bonchev–Trinajstić information content (AvgIpc) is 2.68. The van der Waals surface area contributed by atoms with Crippen molar-refractivity contribution in [2.24, 2.45) is 0 Å². The van der Waals surface area contributed by atoms with Gasteiger partial charge in [-0.1, -0.05) is 0 Å². The van der Waals surface area contributed by atoms with Crippen LogP contribution in [0.1, 0.15) is 15.5 Å². The summed E-state index contributed by atoms with van der Waals surface area (Å²) in [5.74, 6) is -2.36. The molecule has 0 fully saturated rings. The van der Waals surface area contributed by atoms with Gasteiger partial charge >= 0.3 is 5.97 Å². The third kappa shape index (κ3) is 2.02. The normalized spacial score (nSPS) is 10.4. The summed E-state index contributed by atoms with van der Waals surface area (Å²) in [4.78, 5) is 32.1. The minimum absolute atomic E-state index is 0.0227. The second kappa shape index (κ2) is 3.98. The zero-order valence-electron chi connectivity index (χ0n) is 8.59. The minimum Gasteiger partial charge on any atom is -0.501 e. The number of carboxylic acid groups (broad SMARTS) is 1. The van der Waals surface area contributed by atoms with Crippen LogP contribution in [0, 0.1) is 6.92 Å². The van der Waals surface area contributed by atoms with Crippen molar-refractivity contribution in [3.63, 3.8) is 0 Å². The Morgan fingerprint density at radius 2 is 2.18 bits per heavy atom. The number of aromatic hydroxyl groups is 1. The molecule has 0 radical (unpaired) electrons. The molecule has 0 aliphatic heterocycles. The molecule has 0 bridgehead atoms. The fourth-order valence-corrected chi connectivity index (χ4v) is 1.81. The first-order valence-electron chi connectivity index (χ1n) is 4.48. The van der Waals surface area contributed by atoms with E-state index in [1.165, 1.54) is 11.3 Å². The van der Waals surface area contributed by atoms with Crippen LogP contribution in [0.15, 0.2) is 10.2 Å². The third-order valence-corrected chi connectivity index (χ3v) is 2.73. The molecule has 7 nitrogen and oxygen atoms in total. The van der Waals surface area contributed by atoms with Gasteiger partial charge in [0.15, 0.2) is 11.5 Å².